The molecule has 6 heteroatoms. The molecule has 29 heavy (non-hydrogen) atoms. The van der Waals surface area contributed by atoms with Crippen LogP contribution in [0.3, 0.4) is 0 Å². The topological polar surface area (TPSA) is 104 Å². The summed E-state index contributed by atoms with van der Waals surface area (Å²) in [5, 5.41) is 7.02. The van der Waals surface area contributed by atoms with Gasteiger partial charge in [0.05, 0.1) is 0 Å². The Balaban J connectivity index is -0.0000000461. The minimum atomic E-state index is 0. The molecule has 0 saturated heterocycles. The van der Waals surface area contributed by atoms with Crippen molar-refractivity contribution in [3.8, 4) is 0 Å². The van der Waals surface area contributed by atoms with Gasteiger partial charge in [-0.3, -0.25) is 0 Å². The molecule has 0 aliphatic heterocycles. The van der Waals surface area contributed by atoms with Crippen LogP contribution in [-0.4, -0.2) is 20.2 Å². The summed E-state index contributed by atoms with van der Waals surface area (Å²) >= 11 is 0. The smallest absolute Gasteiger partial charge is 0.146 e. The Labute approximate surface area is 184 Å². The van der Waals surface area contributed by atoms with Gasteiger partial charge in [0, 0.05) is 15.2 Å². The third-order valence-electron chi connectivity index (χ3n) is 1.20. The summed E-state index contributed by atoms with van der Waals surface area (Å²) in [7, 11) is 0. The number of rotatable bonds is 0. The molecule has 0 amide bonds. The van der Waals surface area contributed by atoms with Crippen molar-refractivity contribution in [3.63, 3.8) is 0 Å². The zero-order chi connectivity index (χ0) is 23.2. The number of hydrogen-bond donors (Lipinski definition) is 2. The molecule has 6 nitrogen and oxygen atoms in total. The fourth-order valence-electron chi connectivity index (χ4n) is 0.614. The molecular formula is C23H54N6. The maximum atomic E-state index is 5.21. The van der Waals surface area contributed by atoms with Gasteiger partial charge in [-0.2, -0.15) is 5.10 Å². The molecular weight excluding hydrogens is 360 g/mol. The van der Waals surface area contributed by atoms with Crippen LogP contribution in [0.2, 0.25) is 0 Å². The van der Waals surface area contributed by atoms with Crippen LogP contribution < -0.4 is 11.5 Å². The third-order valence-corrected chi connectivity index (χ3v) is 1.20. The molecule has 0 spiro atoms. The Kier molecular flexibility index (Phi) is 30.8. The van der Waals surface area contributed by atoms with Crippen LogP contribution in [0.4, 0.5) is 11.6 Å². The fraction of sp³-hybridized carbons (Fsp3) is 0.652. The molecule has 0 aliphatic carbocycles. The third kappa shape index (κ3) is 76.8. The number of hydrogen-bond acceptors (Lipinski definition) is 6. The lowest BCUT2D eigenvalue weighted by atomic mass is 10.0. The molecule has 2 aromatic heterocycles. The zero-order valence-corrected chi connectivity index (χ0v) is 20.4. The van der Waals surface area contributed by atoms with E-state index in [1.165, 1.54) is 6.33 Å². The molecule has 2 rings (SSSR count). The molecule has 0 aromatic carbocycles. The maximum absolute atomic E-state index is 5.21. The van der Waals surface area contributed by atoms with Crippen molar-refractivity contribution in [2.45, 2.75) is 90.5 Å². The van der Waals surface area contributed by atoms with Crippen LogP contribution >= 0.6 is 0 Å². The van der Waals surface area contributed by atoms with Crippen LogP contribution in [0.5, 0.6) is 0 Å². The van der Waals surface area contributed by atoms with Crippen molar-refractivity contribution in [1.82, 2.24) is 20.2 Å². The zero-order valence-electron chi connectivity index (χ0n) is 20.4. The minimum absolute atomic E-state index is 0. The SMILES string of the molecule is C.CC.CC.CC(C)(C)C.CC(C)(C)C.Nc1cccnn1.Nc1ccncn1.[2HH].[2HH]. The molecule has 0 atom stereocenters. The minimum Gasteiger partial charge on any atom is -0.384 e. The quantitative estimate of drug-likeness (QED) is 0.463. The summed E-state index contributed by atoms with van der Waals surface area (Å²) in [4.78, 5) is 7.30. The van der Waals surface area contributed by atoms with E-state index in [4.69, 9.17) is 11.5 Å². The van der Waals surface area contributed by atoms with Gasteiger partial charge in [0.15, 0.2) is 0 Å². The van der Waals surface area contributed by atoms with Gasteiger partial charge < -0.3 is 11.5 Å². The normalized spacial score (nSPS) is 8.69. The molecule has 0 aliphatic rings. The second kappa shape index (κ2) is 23.8. The summed E-state index contributed by atoms with van der Waals surface area (Å²) < 4.78 is 0. The van der Waals surface area contributed by atoms with Crippen molar-refractivity contribution in [2.75, 3.05) is 11.5 Å². The van der Waals surface area contributed by atoms with Gasteiger partial charge in [-0.25, -0.2) is 9.97 Å². The Morgan fingerprint density at radius 2 is 1.14 bits per heavy atom. The Hall–Kier alpha value is -2.24. The van der Waals surface area contributed by atoms with E-state index in [0.29, 0.717) is 22.5 Å². The number of anilines is 2. The monoisotopic (exact) mass is 416 g/mol. The van der Waals surface area contributed by atoms with Crippen LogP contribution in [0, 0.1) is 10.8 Å². The number of aromatic nitrogens is 4. The molecule has 2 aromatic rings. The molecule has 2 heterocycles. The van der Waals surface area contributed by atoms with Crippen molar-refractivity contribution in [1.29, 1.82) is 0 Å². The predicted octanol–water partition coefficient (Wildman–Crippen LogP) is 7.40. The summed E-state index contributed by atoms with van der Waals surface area (Å²) in [6, 6.07) is 5.06. The maximum Gasteiger partial charge on any atom is 0.146 e. The van der Waals surface area contributed by atoms with Crippen molar-refractivity contribution in [3.05, 3.63) is 36.9 Å². The van der Waals surface area contributed by atoms with Crippen LogP contribution in [-0.2, 0) is 0 Å². The first-order chi connectivity index (χ1) is 12.8. The Morgan fingerprint density at radius 1 is 0.724 bits per heavy atom. The summed E-state index contributed by atoms with van der Waals surface area (Å²) in [5.74, 6) is 0.970. The average Bonchev–Trinajstić information content (AvgIpc) is 2.58. The van der Waals surface area contributed by atoms with Crippen LogP contribution in [0.15, 0.2) is 36.9 Å². The van der Waals surface area contributed by atoms with Crippen molar-refractivity contribution in [2.24, 2.45) is 10.8 Å². The van der Waals surface area contributed by atoms with Gasteiger partial charge >= 0.3 is 0 Å². The van der Waals surface area contributed by atoms with E-state index in [9.17, 15) is 0 Å². The van der Waals surface area contributed by atoms with Crippen LogP contribution in [0.1, 0.15) is 93.4 Å². The van der Waals surface area contributed by atoms with E-state index in [1.807, 2.05) is 27.7 Å². The van der Waals surface area contributed by atoms with E-state index in [-0.39, 0.29) is 10.3 Å². The van der Waals surface area contributed by atoms with E-state index in [0.717, 1.165) is 0 Å². The molecule has 0 saturated carbocycles. The number of nitrogens with two attached hydrogens (primary N) is 2. The number of nitrogen functional groups attached to an aromatic ring is 2. The number of nitrogens with zero attached hydrogens (tertiary/aromatic N) is 4. The predicted molar refractivity (Wildman–Crippen MR) is 137 cm³/mol. The first-order valence-electron chi connectivity index (χ1n) is 9.83. The molecule has 176 valence electrons. The van der Waals surface area contributed by atoms with Gasteiger partial charge in [-0.15, -0.1) is 5.10 Å². The Bertz CT molecular complexity index is 452. The molecule has 0 radical (unpaired) electrons. The second-order valence-electron chi connectivity index (χ2n) is 8.28. The lowest BCUT2D eigenvalue weighted by Gasteiger charge is -2.05. The van der Waals surface area contributed by atoms with Gasteiger partial charge in [0.2, 0.25) is 0 Å². The average molecular weight is 417 g/mol. The van der Waals surface area contributed by atoms with E-state index >= 15 is 0 Å². The Morgan fingerprint density at radius 3 is 1.28 bits per heavy atom. The standard InChI is InChI=1S/2C5H12.2C4H5N3.2C2H6.CH4.2H2/c2*1-5(2,3)4;5-4-1-2-6-3-7-4;5-4-2-1-3-6-7-4;2*1-2;;;/h2*1-4H3;1-3H,(H2,5,6,7);1-3H,(H2,5,7);2*1-2H3;1H4;2*1H/i;;;;;;;2*1+1. The lowest BCUT2D eigenvalue weighted by Crippen LogP contribution is -1.93. The van der Waals surface area contributed by atoms with Crippen molar-refractivity contribution < 1.29 is 2.85 Å². The highest BCUT2D eigenvalue weighted by Crippen LogP contribution is 2.08. The van der Waals surface area contributed by atoms with Crippen LogP contribution in [0.25, 0.3) is 0 Å². The van der Waals surface area contributed by atoms with E-state index in [2.05, 4.69) is 75.6 Å². The molecule has 0 unspecified atom stereocenters. The summed E-state index contributed by atoms with van der Waals surface area (Å²) in [6.45, 7) is 25.5. The fourth-order valence-corrected chi connectivity index (χ4v) is 0.614. The highest BCUT2D eigenvalue weighted by atomic mass is 15.1. The highest BCUT2D eigenvalue weighted by Gasteiger charge is 1.96. The molecule has 0 bridgehead atoms. The van der Waals surface area contributed by atoms with Gasteiger partial charge in [0.1, 0.15) is 18.0 Å². The van der Waals surface area contributed by atoms with E-state index in [1.54, 1.807) is 30.6 Å². The van der Waals surface area contributed by atoms with Gasteiger partial charge in [0.25, 0.3) is 0 Å². The largest absolute Gasteiger partial charge is 0.384 e. The van der Waals surface area contributed by atoms with Gasteiger partial charge in [-0.1, -0.05) is 90.5 Å². The molecule has 0 fully saturated rings. The summed E-state index contributed by atoms with van der Waals surface area (Å²) in [5.41, 5.74) is 11.4. The van der Waals surface area contributed by atoms with Gasteiger partial charge in [-0.05, 0) is 29.0 Å². The summed E-state index contributed by atoms with van der Waals surface area (Å²) in [6.07, 6.45) is 4.59. The lowest BCUT2D eigenvalue weighted by molar-refractivity contribution is 0.469. The van der Waals surface area contributed by atoms with Crippen molar-refractivity contribution >= 4 is 11.6 Å². The second-order valence-corrected chi connectivity index (χ2v) is 8.28. The first-order valence-corrected chi connectivity index (χ1v) is 9.83. The molecule has 4 N–H and O–H groups in total. The van der Waals surface area contributed by atoms with E-state index < -0.39 is 0 Å². The highest BCUT2D eigenvalue weighted by molar-refractivity contribution is 5.23. The first kappa shape index (κ1) is 37.5.